The second-order valence-corrected chi connectivity index (χ2v) is 64.3. The molecule has 0 aromatic rings. The summed E-state index contributed by atoms with van der Waals surface area (Å²) in [6.45, 7) is 0. The van der Waals surface area contributed by atoms with Crippen molar-refractivity contribution in [2.75, 3.05) is 92.0 Å². The molecule has 4 aliphatic rings. The second kappa shape index (κ2) is 23.1. The van der Waals surface area contributed by atoms with Crippen molar-refractivity contribution in [1.29, 1.82) is 0 Å². The van der Waals surface area contributed by atoms with Crippen LogP contribution in [-0.4, -0.2) is 147 Å². The SMILES string of the molecule is SCC1CSC(C[S][Sn]([S]CC2CSC(CS)CS2)([S]CC2CSC(CS)CS2)[S]CC2CSC(CS)CS2)CS1. The molecule has 8 atom stereocenters. The standard InChI is InChI=1S/4C6H12S4.Sn/c4*7-1-5-3-10-6(2-8)4-9-5;/h4*5-8H,1-4H2;/q;;;;+4/p-4. The number of hydrogen-bond acceptors (Lipinski definition) is 16. The second-order valence-electron chi connectivity index (χ2n) is 10.1. The van der Waals surface area contributed by atoms with Crippen molar-refractivity contribution in [3.05, 3.63) is 0 Å². The van der Waals surface area contributed by atoms with Crippen molar-refractivity contribution >= 4 is 193 Å². The Kier molecular flexibility index (Phi) is 22.6. The normalized spacial score (nSPS) is 36.6. The van der Waals surface area contributed by atoms with Gasteiger partial charge in [0.1, 0.15) is 0 Å². The molecule has 0 saturated carbocycles. The van der Waals surface area contributed by atoms with Crippen LogP contribution < -0.4 is 0 Å². The zero-order valence-electron chi connectivity index (χ0n) is 23.1. The van der Waals surface area contributed by atoms with Crippen molar-refractivity contribution in [2.45, 2.75) is 42.0 Å². The zero-order valence-corrected chi connectivity index (χ0v) is 39.4. The van der Waals surface area contributed by atoms with E-state index in [0.29, 0.717) is 0 Å². The molecule has 0 radical (unpaired) electrons. The van der Waals surface area contributed by atoms with Crippen LogP contribution in [0.15, 0.2) is 0 Å². The summed E-state index contributed by atoms with van der Waals surface area (Å²) in [5, 5.41) is 6.29. The Bertz CT molecular complexity index is 574. The fraction of sp³-hybridized carbons (Fsp3) is 1.00. The molecule has 0 spiro atoms. The van der Waals surface area contributed by atoms with Crippen LogP contribution in [0.5, 0.6) is 0 Å². The molecule has 4 heterocycles. The van der Waals surface area contributed by atoms with Crippen LogP contribution in [0.1, 0.15) is 0 Å². The molecule has 17 heteroatoms. The third-order valence-corrected chi connectivity index (χ3v) is 73.2. The van der Waals surface area contributed by atoms with Crippen LogP contribution in [0.2, 0.25) is 0 Å². The first kappa shape index (κ1) is 40.2. The van der Waals surface area contributed by atoms with Gasteiger partial charge in [-0.15, -0.1) is 0 Å². The third kappa shape index (κ3) is 14.9. The monoisotopic (exact) mass is 964 g/mol. The Hall–Kier alpha value is 6.40. The van der Waals surface area contributed by atoms with Gasteiger partial charge in [0.25, 0.3) is 0 Å². The summed E-state index contributed by atoms with van der Waals surface area (Å²) in [5.74, 6) is 20.1. The predicted octanol–water partition coefficient (Wildman–Crippen LogP) is 8.94. The molecule has 8 unspecified atom stereocenters. The van der Waals surface area contributed by atoms with Gasteiger partial charge in [0.05, 0.1) is 0 Å². The average Bonchev–Trinajstić information content (AvgIpc) is 3.05. The van der Waals surface area contributed by atoms with Gasteiger partial charge in [-0.2, -0.15) is 0 Å². The van der Waals surface area contributed by atoms with E-state index in [1.165, 1.54) is 69.0 Å². The minimum atomic E-state index is -2.69. The Morgan fingerprint density at radius 3 is 0.732 bits per heavy atom. The van der Waals surface area contributed by atoms with E-state index in [1.807, 2.05) is 0 Å². The molecule has 4 aliphatic heterocycles. The fourth-order valence-electron chi connectivity index (χ4n) is 4.17. The Labute approximate surface area is 322 Å². The topological polar surface area (TPSA) is 0 Å². The Morgan fingerprint density at radius 1 is 0.366 bits per heavy atom. The molecule has 4 fully saturated rings. The molecule has 4 saturated heterocycles. The van der Waals surface area contributed by atoms with E-state index in [0.717, 1.165) is 65.0 Å². The van der Waals surface area contributed by atoms with Crippen molar-refractivity contribution in [1.82, 2.24) is 0 Å². The van der Waals surface area contributed by atoms with Gasteiger partial charge in [0.15, 0.2) is 0 Å². The van der Waals surface area contributed by atoms with E-state index in [1.54, 1.807) is 0 Å². The quantitative estimate of drug-likeness (QED) is 0.0864. The molecule has 41 heavy (non-hydrogen) atoms. The first-order valence-corrected chi connectivity index (χ1v) is 42.8. The number of rotatable bonds is 16. The van der Waals surface area contributed by atoms with E-state index >= 15 is 0 Å². The minimum absolute atomic E-state index is 0.752. The van der Waals surface area contributed by atoms with E-state index in [4.69, 9.17) is 0 Å². The summed E-state index contributed by atoms with van der Waals surface area (Å²) in [7, 11) is 10.1. The van der Waals surface area contributed by atoms with Crippen LogP contribution in [-0.2, 0) is 0 Å². The number of hydrogen-bond donors (Lipinski definition) is 4. The molecular formula is C24H44S16Sn. The molecule has 0 nitrogen and oxygen atoms in total. The summed E-state index contributed by atoms with van der Waals surface area (Å²) >= 11 is 33.5. The van der Waals surface area contributed by atoms with Crippen molar-refractivity contribution in [3.63, 3.8) is 0 Å². The van der Waals surface area contributed by atoms with E-state index in [-0.39, 0.29) is 0 Å². The van der Waals surface area contributed by atoms with E-state index in [9.17, 15) is 0 Å². The maximum atomic E-state index is 4.60. The summed E-state index contributed by atoms with van der Waals surface area (Å²) in [6.07, 6.45) is 0. The van der Waals surface area contributed by atoms with Crippen molar-refractivity contribution in [3.8, 4) is 0 Å². The third-order valence-electron chi connectivity index (χ3n) is 6.74. The fourth-order valence-corrected chi connectivity index (χ4v) is 71.2. The van der Waals surface area contributed by atoms with Gasteiger partial charge in [-0.1, -0.05) is 0 Å². The van der Waals surface area contributed by atoms with Gasteiger partial charge in [-0.25, -0.2) is 0 Å². The van der Waals surface area contributed by atoms with Gasteiger partial charge >= 0.3 is 327 Å². The molecule has 0 bridgehead atoms. The van der Waals surface area contributed by atoms with Gasteiger partial charge < -0.3 is 0 Å². The molecular weight excluding hydrogens is 920 g/mol. The van der Waals surface area contributed by atoms with E-state index < -0.39 is 12.8 Å². The number of thioether (sulfide) groups is 8. The van der Waals surface area contributed by atoms with Gasteiger partial charge in [-0.3, -0.25) is 0 Å². The molecule has 0 aromatic heterocycles. The maximum absolute atomic E-state index is 4.60. The molecule has 0 N–H and O–H groups in total. The molecule has 0 aromatic carbocycles. The van der Waals surface area contributed by atoms with Crippen LogP contribution >= 0.6 is 180 Å². The molecule has 4 rings (SSSR count). The zero-order chi connectivity index (χ0) is 28.9. The molecule has 0 amide bonds. The van der Waals surface area contributed by atoms with Gasteiger partial charge in [-0.05, 0) is 0 Å². The average molecular weight is 964 g/mol. The Balaban J connectivity index is 1.41. The number of thiol groups is 4. The first-order valence-electron chi connectivity index (χ1n) is 14.0. The van der Waals surface area contributed by atoms with Crippen molar-refractivity contribution in [2.24, 2.45) is 0 Å². The predicted molar refractivity (Wildman–Crippen MR) is 241 cm³/mol. The van der Waals surface area contributed by atoms with Crippen LogP contribution in [0, 0.1) is 0 Å². The molecule has 0 aliphatic carbocycles. The van der Waals surface area contributed by atoms with Gasteiger partial charge in [0.2, 0.25) is 0 Å². The summed E-state index contributed by atoms with van der Waals surface area (Å²) in [4.78, 5) is 0. The summed E-state index contributed by atoms with van der Waals surface area (Å²) < 4.78 is 0. The first-order chi connectivity index (χ1) is 20.0. The summed E-state index contributed by atoms with van der Waals surface area (Å²) in [6, 6.07) is 0. The molecule has 240 valence electrons. The van der Waals surface area contributed by atoms with Crippen LogP contribution in [0.4, 0.5) is 0 Å². The van der Waals surface area contributed by atoms with Crippen LogP contribution in [0.3, 0.4) is 0 Å². The van der Waals surface area contributed by atoms with Crippen LogP contribution in [0.25, 0.3) is 0 Å². The van der Waals surface area contributed by atoms with E-state index in [2.05, 4.69) is 180 Å². The Morgan fingerprint density at radius 2 is 0.561 bits per heavy atom. The summed E-state index contributed by atoms with van der Waals surface area (Å²) in [5.41, 5.74) is 0. The van der Waals surface area contributed by atoms with Crippen molar-refractivity contribution < 1.29 is 0 Å². The van der Waals surface area contributed by atoms with Gasteiger partial charge in [0, 0.05) is 0 Å².